The van der Waals surface area contributed by atoms with Gasteiger partial charge in [0.15, 0.2) is 5.16 Å². The van der Waals surface area contributed by atoms with Crippen molar-refractivity contribution in [1.29, 1.82) is 0 Å². The lowest BCUT2D eigenvalue weighted by Gasteiger charge is -2.36. The second-order valence-corrected chi connectivity index (χ2v) is 7.51. The Morgan fingerprint density at radius 3 is 2.72 bits per heavy atom. The minimum absolute atomic E-state index is 0.120. The zero-order valence-electron chi connectivity index (χ0n) is 14.6. The Hall–Kier alpha value is -1.50. The standard InChI is InChI=1S/C18H23ClN4OS/c1-3-22-7-9-23(10-8-22)16-6-4-5-15(19)14(16)12-25-18-20-13(2)11-17(24)21-18/h4-6,11H,3,7-10,12H2,1-2H3,(H,20,21,24). The third-order valence-corrected chi connectivity index (χ3v) is 5.71. The van der Waals surface area contributed by atoms with Gasteiger partial charge in [-0.15, -0.1) is 0 Å². The summed E-state index contributed by atoms with van der Waals surface area (Å²) < 4.78 is 0. The lowest BCUT2D eigenvalue weighted by molar-refractivity contribution is 0.271. The zero-order valence-corrected chi connectivity index (χ0v) is 16.2. The van der Waals surface area contributed by atoms with Crippen LogP contribution in [0.2, 0.25) is 5.02 Å². The van der Waals surface area contributed by atoms with Crippen molar-refractivity contribution in [3.05, 3.63) is 50.9 Å². The van der Waals surface area contributed by atoms with Gasteiger partial charge in [0.1, 0.15) is 0 Å². The van der Waals surface area contributed by atoms with Gasteiger partial charge in [0.05, 0.1) is 0 Å². The number of hydrogen-bond donors (Lipinski definition) is 1. The molecule has 2 aromatic rings. The number of anilines is 1. The van der Waals surface area contributed by atoms with Crippen LogP contribution >= 0.6 is 23.4 Å². The average Bonchev–Trinajstić information content (AvgIpc) is 2.60. The molecule has 5 nitrogen and oxygen atoms in total. The molecular formula is C18H23ClN4OS. The number of hydrogen-bond acceptors (Lipinski definition) is 5. The fourth-order valence-corrected chi connectivity index (χ4v) is 4.33. The minimum atomic E-state index is -0.120. The molecule has 1 aromatic heterocycles. The Morgan fingerprint density at radius 1 is 1.28 bits per heavy atom. The van der Waals surface area contributed by atoms with E-state index < -0.39 is 0 Å². The van der Waals surface area contributed by atoms with E-state index in [0.29, 0.717) is 10.9 Å². The first-order chi connectivity index (χ1) is 12.1. The number of piperazine rings is 1. The number of H-pyrrole nitrogens is 1. The number of nitrogens with zero attached hydrogens (tertiary/aromatic N) is 3. The maximum absolute atomic E-state index is 11.6. The molecule has 0 bridgehead atoms. The van der Waals surface area contributed by atoms with Gasteiger partial charge < -0.3 is 14.8 Å². The Bertz CT molecular complexity index is 787. The zero-order chi connectivity index (χ0) is 17.8. The summed E-state index contributed by atoms with van der Waals surface area (Å²) in [5.74, 6) is 0.676. The van der Waals surface area contributed by atoms with E-state index in [4.69, 9.17) is 11.6 Å². The van der Waals surface area contributed by atoms with Gasteiger partial charge in [0.25, 0.3) is 5.56 Å². The van der Waals surface area contributed by atoms with Crippen LogP contribution in [0.5, 0.6) is 0 Å². The Morgan fingerprint density at radius 2 is 2.04 bits per heavy atom. The van der Waals surface area contributed by atoms with Gasteiger partial charge in [0.2, 0.25) is 0 Å². The molecule has 0 atom stereocenters. The van der Waals surface area contributed by atoms with Crippen molar-refractivity contribution in [3.8, 4) is 0 Å². The van der Waals surface area contributed by atoms with Gasteiger partial charge >= 0.3 is 0 Å². The molecule has 1 aromatic carbocycles. The summed E-state index contributed by atoms with van der Waals surface area (Å²) in [7, 11) is 0. The smallest absolute Gasteiger partial charge is 0.251 e. The summed E-state index contributed by atoms with van der Waals surface area (Å²) in [6, 6.07) is 7.56. The molecule has 25 heavy (non-hydrogen) atoms. The predicted molar refractivity (Wildman–Crippen MR) is 105 cm³/mol. The number of aryl methyl sites for hydroxylation is 1. The molecule has 0 spiro atoms. The quantitative estimate of drug-likeness (QED) is 0.639. The van der Waals surface area contributed by atoms with Crippen LogP contribution in [0.15, 0.2) is 34.2 Å². The molecule has 134 valence electrons. The highest BCUT2D eigenvalue weighted by molar-refractivity contribution is 7.98. The lowest BCUT2D eigenvalue weighted by atomic mass is 10.1. The summed E-state index contributed by atoms with van der Waals surface area (Å²) in [6.45, 7) is 9.28. The van der Waals surface area contributed by atoms with E-state index in [1.165, 1.54) is 23.5 Å². The number of likely N-dealkylation sites (N-methyl/N-ethyl adjacent to an activating group) is 1. The largest absolute Gasteiger partial charge is 0.369 e. The second-order valence-electron chi connectivity index (χ2n) is 6.14. The lowest BCUT2D eigenvalue weighted by Crippen LogP contribution is -2.46. The minimum Gasteiger partial charge on any atom is -0.369 e. The molecule has 1 N–H and O–H groups in total. The third-order valence-electron chi connectivity index (χ3n) is 4.46. The Kier molecular flexibility index (Phi) is 6.04. The first-order valence-electron chi connectivity index (χ1n) is 8.52. The molecule has 1 saturated heterocycles. The molecule has 1 fully saturated rings. The highest BCUT2D eigenvalue weighted by atomic mass is 35.5. The van der Waals surface area contributed by atoms with Crippen LogP contribution in [-0.4, -0.2) is 47.6 Å². The normalized spacial score (nSPS) is 15.6. The van der Waals surface area contributed by atoms with Gasteiger partial charge in [-0.2, -0.15) is 0 Å². The highest BCUT2D eigenvalue weighted by Crippen LogP contribution is 2.33. The molecule has 0 radical (unpaired) electrons. The fourth-order valence-electron chi connectivity index (χ4n) is 3.05. The molecular weight excluding hydrogens is 356 g/mol. The number of thioether (sulfide) groups is 1. The van der Waals surface area contributed by atoms with Crippen molar-refractivity contribution in [2.24, 2.45) is 0 Å². The van der Waals surface area contributed by atoms with Gasteiger partial charge in [-0.25, -0.2) is 4.98 Å². The number of rotatable bonds is 5. The summed E-state index contributed by atoms with van der Waals surface area (Å²) in [4.78, 5) is 23.6. The number of aromatic nitrogens is 2. The first-order valence-corrected chi connectivity index (χ1v) is 9.88. The number of benzene rings is 1. The molecule has 1 aliphatic rings. The van der Waals surface area contributed by atoms with E-state index in [1.54, 1.807) is 0 Å². The highest BCUT2D eigenvalue weighted by Gasteiger charge is 2.19. The van der Waals surface area contributed by atoms with E-state index in [9.17, 15) is 4.79 Å². The van der Waals surface area contributed by atoms with E-state index in [-0.39, 0.29) is 5.56 Å². The molecule has 1 aliphatic heterocycles. The number of nitrogens with one attached hydrogen (secondary N) is 1. The average molecular weight is 379 g/mol. The Labute approximate surface area is 157 Å². The van der Waals surface area contributed by atoms with Crippen LogP contribution in [-0.2, 0) is 5.75 Å². The third kappa shape index (κ3) is 4.57. The van der Waals surface area contributed by atoms with Gasteiger partial charge in [-0.3, -0.25) is 4.79 Å². The molecule has 3 rings (SSSR count). The van der Waals surface area contributed by atoms with Crippen molar-refractivity contribution in [3.63, 3.8) is 0 Å². The van der Waals surface area contributed by atoms with Crippen LogP contribution < -0.4 is 10.5 Å². The maximum Gasteiger partial charge on any atom is 0.251 e. The number of aromatic amines is 1. The van der Waals surface area contributed by atoms with Crippen molar-refractivity contribution >= 4 is 29.1 Å². The van der Waals surface area contributed by atoms with Crippen LogP contribution in [0, 0.1) is 6.92 Å². The predicted octanol–water partition coefficient (Wildman–Crippen LogP) is 3.17. The van der Waals surface area contributed by atoms with Crippen molar-refractivity contribution in [1.82, 2.24) is 14.9 Å². The van der Waals surface area contributed by atoms with Gasteiger partial charge in [-0.1, -0.05) is 36.4 Å². The summed E-state index contributed by atoms with van der Waals surface area (Å²) in [5.41, 5.74) is 2.89. The SMILES string of the molecule is CCN1CCN(c2cccc(Cl)c2CSc2nc(C)cc(=O)[nH]2)CC1. The molecule has 0 aliphatic carbocycles. The molecule has 0 saturated carbocycles. The van der Waals surface area contributed by atoms with Gasteiger partial charge in [-0.05, 0) is 25.6 Å². The number of halogens is 1. The Balaban J connectivity index is 1.78. The molecule has 7 heteroatoms. The van der Waals surface area contributed by atoms with Crippen molar-refractivity contribution in [2.45, 2.75) is 24.8 Å². The topological polar surface area (TPSA) is 52.2 Å². The molecule has 2 heterocycles. The van der Waals surface area contributed by atoms with E-state index in [2.05, 4.69) is 32.8 Å². The van der Waals surface area contributed by atoms with Crippen LogP contribution in [0.3, 0.4) is 0 Å². The first kappa shape index (κ1) is 18.3. The van der Waals surface area contributed by atoms with Crippen LogP contribution in [0.25, 0.3) is 0 Å². The second kappa shape index (κ2) is 8.25. The van der Waals surface area contributed by atoms with Crippen LogP contribution in [0.4, 0.5) is 5.69 Å². The van der Waals surface area contributed by atoms with Crippen molar-refractivity contribution in [2.75, 3.05) is 37.6 Å². The van der Waals surface area contributed by atoms with E-state index >= 15 is 0 Å². The van der Waals surface area contributed by atoms with E-state index in [1.807, 2.05) is 19.1 Å². The van der Waals surface area contributed by atoms with Crippen LogP contribution in [0.1, 0.15) is 18.2 Å². The summed E-state index contributed by atoms with van der Waals surface area (Å²) in [5, 5.41) is 1.39. The molecule has 0 amide bonds. The molecule has 0 unspecified atom stereocenters. The van der Waals surface area contributed by atoms with Gasteiger partial charge in [0, 0.05) is 60.0 Å². The maximum atomic E-state index is 11.6. The fraction of sp³-hybridized carbons (Fsp3) is 0.444. The van der Waals surface area contributed by atoms with E-state index in [0.717, 1.165) is 49.0 Å². The summed E-state index contributed by atoms with van der Waals surface area (Å²) >= 11 is 8.00. The monoisotopic (exact) mass is 378 g/mol. The summed E-state index contributed by atoms with van der Waals surface area (Å²) in [6.07, 6.45) is 0. The van der Waals surface area contributed by atoms with Crippen molar-refractivity contribution < 1.29 is 0 Å².